The molecule has 4 heteroatoms. The fraction of sp³-hybridized carbons (Fsp3) is 0.500. The SMILES string of the molecule is COc1ccc(C2C3=C(CCC(C)(C)C3=O)OC3=C2C(=O)CCC3(C)C)cc1. The molecule has 1 unspecified atom stereocenters. The van der Waals surface area contributed by atoms with Crippen LogP contribution in [0.25, 0.3) is 0 Å². The van der Waals surface area contributed by atoms with E-state index in [4.69, 9.17) is 9.47 Å². The van der Waals surface area contributed by atoms with Crippen molar-refractivity contribution in [3.63, 3.8) is 0 Å². The molecular weight excluding hydrogens is 352 g/mol. The first-order valence-electron chi connectivity index (χ1n) is 10.0. The van der Waals surface area contributed by atoms with Crippen LogP contribution in [0.5, 0.6) is 5.75 Å². The van der Waals surface area contributed by atoms with Crippen LogP contribution in [0, 0.1) is 10.8 Å². The smallest absolute Gasteiger partial charge is 0.168 e. The van der Waals surface area contributed by atoms with Crippen molar-refractivity contribution >= 4 is 11.6 Å². The van der Waals surface area contributed by atoms with E-state index in [0.717, 1.165) is 42.1 Å². The van der Waals surface area contributed by atoms with Gasteiger partial charge in [0.15, 0.2) is 11.6 Å². The highest BCUT2D eigenvalue weighted by Gasteiger charge is 2.50. The van der Waals surface area contributed by atoms with E-state index in [1.165, 1.54) is 0 Å². The van der Waals surface area contributed by atoms with Crippen LogP contribution < -0.4 is 4.74 Å². The molecule has 1 aromatic rings. The van der Waals surface area contributed by atoms with E-state index < -0.39 is 5.41 Å². The Morgan fingerprint density at radius 3 is 2.21 bits per heavy atom. The molecule has 148 valence electrons. The fourth-order valence-corrected chi connectivity index (χ4v) is 4.61. The number of ether oxygens (including phenoxy) is 2. The van der Waals surface area contributed by atoms with Crippen molar-refractivity contribution in [3.05, 3.63) is 52.5 Å². The Bertz CT molecular complexity index is 912. The molecule has 1 heterocycles. The first kappa shape index (κ1) is 19.0. The Morgan fingerprint density at radius 2 is 1.57 bits per heavy atom. The number of carbonyl (C=O) groups excluding carboxylic acids is 2. The number of rotatable bonds is 2. The van der Waals surface area contributed by atoms with Crippen LogP contribution in [0.1, 0.15) is 64.9 Å². The molecule has 4 nitrogen and oxygen atoms in total. The fourth-order valence-electron chi connectivity index (χ4n) is 4.61. The minimum Gasteiger partial charge on any atom is -0.497 e. The molecule has 1 aliphatic heterocycles. The van der Waals surface area contributed by atoms with Gasteiger partial charge in [-0.15, -0.1) is 0 Å². The summed E-state index contributed by atoms with van der Waals surface area (Å²) in [5.74, 6) is 2.10. The van der Waals surface area contributed by atoms with Gasteiger partial charge in [0.25, 0.3) is 0 Å². The monoisotopic (exact) mass is 380 g/mol. The third-order valence-electron chi connectivity index (χ3n) is 6.53. The lowest BCUT2D eigenvalue weighted by molar-refractivity contribution is -0.125. The molecule has 0 bridgehead atoms. The van der Waals surface area contributed by atoms with E-state index in [0.29, 0.717) is 17.6 Å². The van der Waals surface area contributed by atoms with Gasteiger partial charge < -0.3 is 9.47 Å². The van der Waals surface area contributed by atoms with Crippen molar-refractivity contribution in [1.82, 2.24) is 0 Å². The molecular formula is C24H28O4. The Balaban J connectivity index is 1.94. The van der Waals surface area contributed by atoms with Gasteiger partial charge in [0.05, 0.1) is 7.11 Å². The molecule has 3 aliphatic rings. The standard InChI is InChI=1S/C24H28O4/c1-23(2)13-11-17-20(21(23)26)18(14-6-8-15(27-5)9-7-14)19-16(25)10-12-24(3,4)22(19)28-17/h6-9,18H,10-13H2,1-5H3. The highest BCUT2D eigenvalue weighted by Crippen LogP contribution is 2.54. The third-order valence-corrected chi connectivity index (χ3v) is 6.53. The zero-order valence-corrected chi connectivity index (χ0v) is 17.3. The maximum absolute atomic E-state index is 13.4. The van der Waals surface area contributed by atoms with Gasteiger partial charge in [-0.3, -0.25) is 9.59 Å². The van der Waals surface area contributed by atoms with Crippen LogP contribution in [-0.2, 0) is 14.3 Å². The molecule has 2 aliphatic carbocycles. The first-order valence-corrected chi connectivity index (χ1v) is 10.0. The molecule has 0 spiro atoms. The molecule has 0 fully saturated rings. The van der Waals surface area contributed by atoms with Crippen molar-refractivity contribution in [2.75, 3.05) is 7.11 Å². The Kier molecular flexibility index (Phi) is 4.29. The number of ketones is 2. The summed E-state index contributed by atoms with van der Waals surface area (Å²) < 4.78 is 11.6. The quantitative estimate of drug-likeness (QED) is 0.717. The van der Waals surface area contributed by atoms with E-state index in [2.05, 4.69) is 13.8 Å². The van der Waals surface area contributed by atoms with E-state index in [1.807, 2.05) is 38.1 Å². The first-order chi connectivity index (χ1) is 13.2. The van der Waals surface area contributed by atoms with E-state index in [-0.39, 0.29) is 22.9 Å². The number of carbonyl (C=O) groups is 2. The number of methoxy groups -OCH3 is 1. The van der Waals surface area contributed by atoms with Crippen molar-refractivity contribution in [2.45, 2.75) is 59.3 Å². The molecule has 0 radical (unpaired) electrons. The lowest BCUT2D eigenvalue weighted by Crippen LogP contribution is -2.40. The maximum Gasteiger partial charge on any atom is 0.168 e. The van der Waals surface area contributed by atoms with Gasteiger partial charge in [-0.2, -0.15) is 0 Å². The molecule has 0 saturated heterocycles. The highest BCUT2D eigenvalue weighted by atomic mass is 16.5. The van der Waals surface area contributed by atoms with Gasteiger partial charge in [-0.1, -0.05) is 39.8 Å². The van der Waals surface area contributed by atoms with Crippen LogP contribution in [0.2, 0.25) is 0 Å². The number of benzene rings is 1. The zero-order valence-electron chi connectivity index (χ0n) is 17.3. The average Bonchev–Trinajstić information content (AvgIpc) is 2.67. The van der Waals surface area contributed by atoms with Gasteiger partial charge in [0, 0.05) is 40.7 Å². The lowest BCUT2D eigenvalue weighted by atomic mass is 9.64. The van der Waals surface area contributed by atoms with Crippen molar-refractivity contribution < 1.29 is 19.1 Å². The van der Waals surface area contributed by atoms with Crippen LogP contribution in [0.4, 0.5) is 0 Å². The summed E-state index contributed by atoms with van der Waals surface area (Å²) in [5, 5.41) is 0. The maximum atomic E-state index is 13.4. The van der Waals surface area contributed by atoms with Crippen LogP contribution in [-0.4, -0.2) is 18.7 Å². The molecule has 0 amide bonds. The lowest BCUT2D eigenvalue weighted by Gasteiger charge is -2.44. The number of hydrogen-bond donors (Lipinski definition) is 0. The third kappa shape index (κ3) is 2.81. The zero-order chi connectivity index (χ0) is 20.3. The van der Waals surface area contributed by atoms with Crippen LogP contribution in [0.15, 0.2) is 46.9 Å². The van der Waals surface area contributed by atoms with Crippen molar-refractivity contribution in [1.29, 1.82) is 0 Å². The van der Waals surface area contributed by atoms with Crippen LogP contribution in [0.3, 0.4) is 0 Å². The molecule has 4 rings (SSSR count). The number of Topliss-reactive ketones (excluding diaryl/α,β-unsaturated/α-hetero) is 2. The summed E-state index contributed by atoms with van der Waals surface area (Å²) >= 11 is 0. The average molecular weight is 380 g/mol. The molecule has 0 saturated carbocycles. The minimum absolute atomic E-state index is 0.0947. The predicted molar refractivity (Wildman–Crippen MR) is 107 cm³/mol. The van der Waals surface area contributed by atoms with Gasteiger partial charge in [-0.25, -0.2) is 0 Å². The van der Waals surface area contributed by atoms with Crippen molar-refractivity contribution in [3.8, 4) is 5.75 Å². The van der Waals surface area contributed by atoms with Crippen molar-refractivity contribution in [2.24, 2.45) is 10.8 Å². The Hall–Kier alpha value is -2.36. The minimum atomic E-state index is -0.446. The summed E-state index contributed by atoms with van der Waals surface area (Å²) in [6.07, 6.45) is 2.74. The predicted octanol–water partition coefficient (Wildman–Crippen LogP) is 5.10. The summed E-state index contributed by atoms with van der Waals surface area (Å²) in [4.78, 5) is 26.5. The van der Waals surface area contributed by atoms with Gasteiger partial charge in [0.2, 0.25) is 0 Å². The van der Waals surface area contributed by atoms with E-state index in [9.17, 15) is 9.59 Å². The van der Waals surface area contributed by atoms with Crippen LogP contribution >= 0.6 is 0 Å². The normalized spacial score (nSPS) is 25.8. The second kappa shape index (κ2) is 6.33. The highest BCUT2D eigenvalue weighted by molar-refractivity contribution is 6.07. The van der Waals surface area contributed by atoms with Gasteiger partial charge in [0.1, 0.15) is 17.3 Å². The summed E-state index contributed by atoms with van der Waals surface area (Å²) in [6.45, 7) is 8.22. The van der Waals surface area contributed by atoms with Gasteiger partial charge in [-0.05, 0) is 30.5 Å². The Labute approximate surface area is 166 Å². The number of allylic oxidation sites excluding steroid dienone is 4. The largest absolute Gasteiger partial charge is 0.497 e. The molecule has 0 N–H and O–H groups in total. The molecule has 28 heavy (non-hydrogen) atoms. The molecule has 1 atom stereocenters. The molecule has 1 aromatic carbocycles. The second-order valence-electron chi connectivity index (χ2n) is 9.41. The summed E-state index contributed by atoms with van der Waals surface area (Å²) in [5.41, 5.74) is 1.62. The molecule has 0 aromatic heterocycles. The Morgan fingerprint density at radius 1 is 0.929 bits per heavy atom. The second-order valence-corrected chi connectivity index (χ2v) is 9.41. The number of hydrogen-bond acceptors (Lipinski definition) is 4. The van der Waals surface area contributed by atoms with E-state index in [1.54, 1.807) is 7.11 Å². The summed E-state index contributed by atoms with van der Waals surface area (Å²) in [7, 11) is 1.63. The van der Waals surface area contributed by atoms with Gasteiger partial charge >= 0.3 is 0 Å². The topological polar surface area (TPSA) is 52.6 Å². The van der Waals surface area contributed by atoms with E-state index >= 15 is 0 Å². The summed E-state index contributed by atoms with van der Waals surface area (Å²) in [6, 6.07) is 7.71.